The Morgan fingerprint density at radius 2 is 2.19 bits per heavy atom. The highest BCUT2D eigenvalue weighted by molar-refractivity contribution is 7.89. The summed E-state index contributed by atoms with van der Waals surface area (Å²) in [6, 6.07) is 5.14. The molecule has 0 bridgehead atoms. The van der Waals surface area contributed by atoms with Gasteiger partial charge in [0.25, 0.3) is 5.91 Å². The number of carbonyl (C=O) groups is 1. The molecule has 0 atom stereocenters. The highest BCUT2D eigenvalue weighted by Gasteiger charge is 2.24. The number of aromatic nitrogens is 3. The monoisotopic (exact) mass is 392 g/mol. The molecular weight excluding hydrogens is 368 g/mol. The Hall–Kier alpha value is -2.85. The van der Waals surface area contributed by atoms with Crippen molar-refractivity contribution in [1.29, 1.82) is 0 Å². The van der Waals surface area contributed by atoms with Crippen LogP contribution in [0.4, 0.5) is 11.6 Å². The van der Waals surface area contributed by atoms with Gasteiger partial charge in [-0.05, 0) is 31.1 Å². The molecule has 3 N–H and O–H groups in total. The van der Waals surface area contributed by atoms with Crippen LogP contribution in [-0.2, 0) is 10.0 Å². The van der Waals surface area contributed by atoms with Gasteiger partial charge in [0.1, 0.15) is 5.82 Å². The fourth-order valence-corrected chi connectivity index (χ4v) is 3.69. The second-order valence-electron chi connectivity index (χ2n) is 5.90. The first-order valence-electron chi connectivity index (χ1n) is 8.43. The maximum atomic E-state index is 12.5. The Labute approximate surface area is 160 Å². The van der Waals surface area contributed by atoms with Crippen LogP contribution in [0.15, 0.2) is 36.7 Å². The fourth-order valence-electron chi connectivity index (χ4n) is 2.65. The highest BCUT2D eigenvalue weighted by Crippen LogP contribution is 2.23. The summed E-state index contributed by atoms with van der Waals surface area (Å²) in [4.78, 5) is 24.9. The minimum absolute atomic E-state index is 0. The number of nitrogen functional groups attached to an aromatic ring is 1. The Morgan fingerprint density at radius 3 is 2.81 bits per heavy atom. The molecule has 146 valence electrons. The fraction of sp³-hybridized carbons (Fsp3) is 0.294. The maximum Gasteiger partial charge on any atom is 0.279 e. The number of nitrogens with one attached hydrogen (secondary N) is 1. The number of pyridine rings is 1. The van der Waals surface area contributed by atoms with E-state index in [0.29, 0.717) is 24.5 Å². The molecule has 2 aromatic heterocycles. The lowest BCUT2D eigenvalue weighted by molar-refractivity contribution is 0.102. The number of nitrogens with two attached hydrogens (primary N) is 1. The molecular formula is C17H24N6O3S. The average molecular weight is 392 g/mol. The minimum Gasteiger partial charge on any atom is -0.382 e. The van der Waals surface area contributed by atoms with Crippen molar-refractivity contribution in [3.05, 3.63) is 48.1 Å². The number of nitrogens with zero attached hydrogens (tertiary/aromatic N) is 4. The van der Waals surface area contributed by atoms with Gasteiger partial charge in [-0.2, -0.15) is 4.31 Å². The molecule has 3 heterocycles. The van der Waals surface area contributed by atoms with E-state index < -0.39 is 15.9 Å². The Kier molecular flexibility index (Phi) is 5.47. The van der Waals surface area contributed by atoms with Crippen LogP contribution < -0.4 is 11.1 Å². The van der Waals surface area contributed by atoms with Gasteiger partial charge in [-0.25, -0.2) is 23.4 Å². The van der Waals surface area contributed by atoms with Crippen LogP contribution in [0.1, 0.15) is 32.4 Å². The molecule has 0 saturated carbocycles. The van der Waals surface area contributed by atoms with Gasteiger partial charge < -0.3 is 11.1 Å². The van der Waals surface area contributed by atoms with Crippen molar-refractivity contribution in [2.75, 3.05) is 29.9 Å². The van der Waals surface area contributed by atoms with E-state index in [1.54, 1.807) is 37.4 Å². The summed E-state index contributed by atoms with van der Waals surface area (Å²) >= 11 is 0. The van der Waals surface area contributed by atoms with E-state index in [-0.39, 0.29) is 26.7 Å². The van der Waals surface area contributed by atoms with E-state index in [1.165, 1.54) is 10.5 Å². The normalized spacial score (nSPS) is 15.2. The Morgan fingerprint density at radius 1 is 1.37 bits per heavy atom. The number of hydrogen-bond donors (Lipinski definition) is 2. The van der Waals surface area contributed by atoms with Crippen LogP contribution in [0.5, 0.6) is 0 Å². The van der Waals surface area contributed by atoms with Gasteiger partial charge in [0, 0.05) is 22.1 Å². The Balaban J connectivity index is 0.00000210. The van der Waals surface area contributed by atoms with Crippen LogP contribution in [0, 0.1) is 0 Å². The zero-order valence-electron chi connectivity index (χ0n) is 14.8. The van der Waals surface area contributed by atoms with Crippen molar-refractivity contribution in [1.82, 2.24) is 19.3 Å². The van der Waals surface area contributed by atoms with Gasteiger partial charge >= 0.3 is 0 Å². The first-order chi connectivity index (χ1) is 12.9. The third-order valence-electron chi connectivity index (χ3n) is 4.18. The van der Waals surface area contributed by atoms with E-state index in [2.05, 4.69) is 20.3 Å². The van der Waals surface area contributed by atoms with Gasteiger partial charge in [0.2, 0.25) is 10.0 Å². The maximum absolute atomic E-state index is 12.5. The molecule has 1 amide bonds. The molecule has 9 nitrogen and oxygen atoms in total. The SMILES string of the molecule is CCS(=O)(=O)N1CC=C(c2cnc(N)c(C(=O)Nc3ccccn3)n2)CC1.[HH].[HH]. The molecule has 2 aromatic rings. The summed E-state index contributed by atoms with van der Waals surface area (Å²) in [7, 11) is -3.23. The van der Waals surface area contributed by atoms with E-state index in [1.807, 2.05) is 0 Å². The van der Waals surface area contributed by atoms with Crippen molar-refractivity contribution < 1.29 is 16.1 Å². The van der Waals surface area contributed by atoms with Crippen LogP contribution in [0.2, 0.25) is 0 Å². The molecule has 0 aromatic carbocycles. The Bertz CT molecular complexity index is 986. The summed E-state index contributed by atoms with van der Waals surface area (Å²) in [6.07, 6.45) is 5.32. The van der Waals surface area contributed by atoms with Crippen LogP contribution in [-0.4, -0.2) is 52.4 Å². The van der Waals surface area contributed by atoms with Gasteiger partial charge in [0.05, 0.1) is 17.6 Å². The minimum atomic E-state index is -3.23. The first-order valence-corrected chi connectivity index (χ1v) is 10.0. The van der Waals surface area contributed by atoms with E-state index in [4.69, 9.17) is 5.73 Å². The number of hydrogen-bond acceptors (Lipinski definition) is 7. The second kappa shape index (κ2) is 7.80. The van der Waals surface area contributed by atoms with Crippen LogP contribution in [0.3, 0.4) is 0 Å². The third-order valence-corrected chi connectivity index (χ3v) is 6.03. The third kappa shape index (κ3) is 4.29. The predicted molar refractivity (Wildman–Crippen MR) is 106 cm³/mol. The zero-order valence-corrected chi connectivity index (χ0v) is 15.6. The lowest BCUT2D eigenvalue weighted by Crippen LogP contribution is -2.35. The van der Waals surface area contributed by atoms with Crippen molar-refractivity contribution in [3.63, 3.8) is 0 Å². The molecule has 0 fully saturated rings. The summed E-state index contributed by atoms with van der Waals surface area (Å²) in [5.41, 5.74) is 7.15. The van der Waals surface area contributed by atoms with Gasteiger partial charge in [-0.3, -0.25) is 4.79 Å². The lowest BCUT2D eigenvalue weighted by Gasteiger charge is -2.25. The molecule has 0 radical (unpaired) electrons. The summed E-state index contributed by atoms with van der Waals surface area (Å²) in [5.74, 6) is -0.0484. The van der Waals surface area contributed by atoms with E-state index >= 15 is 0 Å². The van der Waals surface area contributed by atoms with Crippen molar-refractivity contribution >= 4 is 33.1 Å². The number of carbonyl (C=O) groups excluding carboxylic acids is 1. The summed E-state index contributed by atoms with van der Waals surface area (Å²) in [6.45, 7) is 2.25. The first kappa shape index (κ1) is 18.9. The lowest BCUT2D eigenvalue weighted by atomic mass is 10.1. The molecule has 0 unspecified atom stereocenters. The second-order valence-corrected chi connectivity index (χ2v) is 8.15. The predicted octanol–water partition coefficient (Wildman–Crippen LogP) is 1.64. The van der Waals surface area contributed by atoms with Crippen molar-refractivity contribution in [2.45, 2.75) is 13.3 Å². The number of sulfonamides is 1. The van der Waals surface area contributed by atoms with Gasteiger partial charge in [-0.15, -0.1) is 0 Å². The van der Waals surface area contributed by atoms with Crippen LogP contribution >= 0.6 is 0 Å². The summed E-state index contributed by atoms with van der Waals surface area (Å²) < 4.78 is 25.3. The molecule has 0 saturated heterocycles. The molecule has 0 aliphatic carbocycles. The molecule has 1 aliphatic rings. The smallest absolute Gasteiger partial charge is 0.279 e. The quantitative estimate of drug-likeness (QED) is 0.790. The topological polar surface area (TPSA) is 131 Å². The zero-order chi connectivity index (χ0) is 19.4. The highest BCUT2D eigenvalue weighted by atomic mass is 32.2. The van der Waals surface area contributed by atoms with E-state index in [9.17, 15) is 13.2 Å². The average Bonchev–Trinajstić information content (AvgIpc) is 2.69. The number of anilines is 2. The van der Waals surface area contributed by atoms with Gasteiger partial charge in [-0.1, -0.05) is 12.1 Å². The van der Waals surface area contributed by atoms with Crippen LogP contribution in [0.25, 0.3) is 5.57 Å². The molecule has 0 spiro atoms. The molecule has 10 heteroatoms. The van der Waals surface area contributed by atoms with Crippen molar-refractivity contribution in [3.8, 4) is 0 Å². The molecule has 3 rings (SSSR count). The standard InChI is InChI=1S/C17H20N6O3S.2H2/c1-2-27(25,26)23-9-6-12(7-10-23)13-11-20-16(18)15(21-13)17(24)22-14-5-3-4-8-19-14;;/h3-6,8,11H,2,7,9-10H2,1H3,(H2,18,20)(H,19,22,24);2*1H. The summed E-state index contributed by atoms with van der Waals surface area (Å²) in [5, 5.41) is 2.62. The van der Waals surface area contributed by atoms with E-state index in [0.717, 1.165) is 5.57 Å². The number of amides is 1. The molecule has 27 heavy (non-hydrogen) atoms. The van der Waals surface area contributed by atoms with Gasteiger partial charge in [0.15, 0.2) is 11.5 Å². The molecule has 1 aliphatic heterocycles. The number of rotatable bonds is 5. The van der Waals surface area contributed by atoms with Crippen molar-refractivity contribution in [2.24, 2.45) is 0 Å². The largest absolute Gasteiger partial charge is 0.382 e.